The molecule has 7 heteroatoms. The summed E-state index contributed by atoms with van der Waals surface area (Å²) in [5, 5.41) is 2.83. The number of halogens is 1. The maximum atomic E-state index is 13.4. The molecule has 0 saturated carbocycles. The molecule has 4 rings (SSSR count). The average Bonchev–Trinajstić information content (AvgIpc) is 3.49. The maximum Gasteiger partial charge on any atom is 0.295 e. The monoisotopic (exact) mass is 432 g/mol. The molecule has 2 amide bonds. The van der Waals surface area contributed by atoms with Crippen molar-refractivity contribution in [2.24, 2.45) is 0 Å². The summed E-state index contributed by atoms with van der Waals surface area (Å²) in [4.78, 5) is 28.2. The van der Waals surface area contributed by atoms with Gasteiger partial charge < -0.3 is 14.2 Å². The van der Waals surface area contributed by atoms with Crippen LogP contribution in [-0.2, 0) is 11.3 Å². The minimum atomic E-state index is -1.09. The van der Waals surface area contributed by atoms with Gasteiger partial charge in [-0.05, 0) is 61.0 Å². The molecule has 162 valence electrons. The van der Waals surface area contributed by atoms with Crippen molar-refractivity contribution in [1.29, 1.82) is 0 Å². The topological polar surface area (TPSA) is 75.7 Å². The molecule has 0 bridgehead atoms. The van der Waals surface area contributed by atoms with Gasteiger partial charge in [-0.3, -0.25) is 14.5 Å². The van der Waals surface area contributed by atoms with Gasteiger partial charge in [-0.15, -0.1) is 0 Å². The van der Waals surface area contributed by atoms with E-state index in [-0.39, 0.29) is 18.1 Å². The summed E-state index contributed by atoms with van der Waals surface area (Å²) in [5.41, 5.74) is 1.22. The molecule has 32 heavy (non-hydrogen) atoms. The summed E-state index contributed by atoms with van der Waals surface area (Å²) in [6.07, 6.45) is 1.40. The molecular formula is C25H21FN2O4. The van der Waals surface area contributed by atoms with Gasteiger partial charge in [0, 0.05) is 12.2 Å². The lowest BCUT2D eigenvalue weighted by molar-refractivity contribution is -0.123. The quantitative estimate of drug-likeness (QED) is 0.445. The maximum absolute atomic E-state index is 13.4. The predicted octanol–water partition coefficient (Wildman–Crippen LogP) is 5.02. The fourth-order valence-corrected chi connectivity index (χ4v) is 3.35. The summed E-state index contributed by atoms with van der Waals surface area (Å²) in [6, 6.07) is 20.1. The summed E-state index contributed by atoms with van der Waals surface area (Å²) in [6.45, 7) is 1.92. The Balaban J connectivity index is 1.71. The Morgan fingerprint density at radius 2 is 1.72 bits per heavy atom. The largest absolute Gasteiger partial charge is 0.464 e. The number of rotatable bonds is 7. The van der Waals surface area contributed by atoms with Crippen molar-refractivity contribution in [1.82, 2.24) is 5.32 Å². The normalized spacial score (nSPS) is 11.7. The number of nitrogens with zero attached hydrogens (tertiary/aromatic N) is 1. The SMILES string of the molecule is Cc1ccc(C(C(=O)NCc2ccc(F)cc2)N(C(=O)c2ccco2)c2ccccc2)o1. The average molecular weight is 432 g/mol. The minimum absolute atomic E-state index is 0.0912. The van der Waals surface area contributed by atoms with E-state index < -0.39 is 17.9 Å². The van der Waals surface area contributed by atoms with Gasteiger partial charge in [-0.1, -0.05) is 30.3 Å². The van der Waals surface area contributed by atoms with Crippen LogP contribution in [0.4, 0.5) is 10.1 Å². The van der Waals surface area contributed by atoms with E-state index in [9.17, 15) is 14.0 Å². The van der Waals surface area contributed by atoms with Crippen LogP contribution in [0.5, 0.6) is 0 Å². The first-order chi connectivity index (χ1) is 15.5. The standard InChI is InChI=1S/C25H21FN2O4/c1-17-9-14-21(32-17)23(24(29)27-16-18-10-12-19(26)13-11-18)28(20-6-3-2-4-7-20)25(30)22-8-5-15-31-22/h2-15,23H,16H2,1H3,(H,27,29). The highest BCUT2D eigenvalue weighted by Crippen LogP contribution is 2.31. The first-order valence-corrected chi connectivity index (χ1v) is 10.0. The highest BCUT2D eigenvalue weighted by Gasteiger charge is 2.36. The number of carbonyl (C=O) groups is 2. The van der Waals surface area contributed by atoms with Gasteiger partial charge in [0.2, 0.25) is 0 Å². The molecule has 0 spiro atoms. The van der Waals surface area contributed by atoms with Crippen molar-refractivity contribution in [3.63, 3.8) is 0 Å². The van der Waals surface area contributed by atoms with Crippen molar-refractivity contribution in [3.8, 4) is 0 Å². The Labute approximate surface area is 184 Å². The van der Waals surface area contributed by atoms with Crippen LogP contribution in [-0.4, -0.2) is 11.8 Å². The van der Waals surface area contributed by atoms with Crippen LogP contribution in [0, 0.1) is 12.7 Å². The van der Waals surface area contributed by atoms with E-state index in [2.05, 4.69) is 5.32 Å². The third kappa shape index (κ3) is 4.62. The van der Waals surface area contributed by atoms with Gasteiger partial charge in [-0.25, -0.2) is 4.39 Å². The molecule has 0 aliphatic carbocycles. The molecule has 6 nitrogen and oxygen atoms in total. The molecule has 0 saturated heterocycles. The van der Waals surface area contributed by atoms with E-state index in [0.717, 1.165) is 5.56 Å². The van der Waals surface area contributed by atoms with Gasteiger partial charge in [0.15, 0.2) is 11.8 Å². The van der Waals surface area contributed by atoms with E-state index in [0.29, 0.717) is 17.2 Å². The zero-order valence-corrected chi connectivity index (χ0v) is 17.3. The highest BCUT2D eigenvalue weighted by molar-refractivity contribution is 6.08. The lowest BCUT2D eigenvalue weighted by Gasteiger charge is -2.29. The number of hydrogen-bond acceptors (Lipinski definition) is 4. The number of hydrogen-bond donors (Lipinski definition) is 1. The van der Waals surface area contributed by atoms with Crippen molar-refractivity contribution in [2.45, 2.75) is 19.5 Å². The second-order valence-electron chi connectivity index (χ2n) is 7.18. The summed E-state index contributed by atoms with van der Waals surface area (Å²) >= 11 is 0. The van der Waals surface area contributed by atoms with Gasteiger partial charge in [-0.2, -0.15) is 0 Å². The molecule has 0 aliphatic rings. The number of anilines is 1. The zero-order chi connectivity index (χ0) is 22.5. The highest BCUT2D eigenvalue weighted by atomic mass is 19.1. The molecule has 2 aromatic heterocycles. The third-order valence-electron chi connectivity index (χ3n) is 4.90. The lowest BCUT2D eigenvalue weighted by atomic mass is 10.1. The van der Waals surface area contributed by atoms with Crippen LogP contribution in [0.15, 0.2) is 94.0 Å². The Kier molecular flexibility index (Phi) is 6.17. The zero-order valence-electron chi connectivity index (χ0n) is 17.3. The molecule has 0 fully saturated rings. The number of carbonyl (C=O) groups excluding carboxylic acids is 2. The molecule has 2 heterocycles. The molecule has 2 aromatic carbocycles. The van der Waals surface area contributed by atoms with Crippen LogP contribution in [0.1, 0.15) is 33.7 Å². The summed E-state index contributed by atoms with van der Waals surface area (Å²) in [7, 11) is 0. The smallest absolute Gasteiger partial charge is 0.295 e. The van der Waals surface area contributed by atoms with E-state index >= 15 is 0 Å². The first kappa shape index (κ1) is 21.1. The fraction of sp³-hybridized carbons (Fsp3) is 0.120. The Morgan fingerprint density at radius 3 is 2.34 bits per heavy atom. The summed E-state index contributed by atoms with van der Waals surface area (Å²) in [5.74, 6) is -0.293. The molecule has 1 atom stereocenters. The Bertz CT molecular complexity index is 1180. The second-order valence-corrected chi connectivity index (χ2v) is 7.18. The van der Waals surface area contributed by atoms with Gasteiger partial charge in [0.05, 0.1) is 6.26 Å². The fourth-order valence-electron chi connectivity index (χ4n) is 3.35. The summed E-state index contributed by atoms with van der Waals surface area (Å²) < 4.78 is 24.3. The van der Waals surface area contributed by atoms with Gasteiger partial charge >= 0.3 is 0 Å². The van der Waals surface area contributed by atoms with E-state index in [4.69, 9.17) is 8.83 Å². The van der Waals surface area contributed by atoms with E-state index in [1.807, 2.05) is 6.07 Å². The second kappa shape index (κ2) is 9.34. The lowest BCUT2D eigenvalue weighted by Crippen LogP contribution is -2.43. The van der Waals surface area contributed by atoms with E-state index in [1.54, 1.807) is 67.6 Å². The van der Waals surface area contributed by atoms with Crippen molar-refractivity contribution in [2.75, 3.05) is 4.90 Å². The van der Waals surface area contributed by atoms with Crippen molar-refractivity contribution in [3.05, 3.63) is 114 Å². The van der Waals surface area contributed by atoms with Gasteiger partial charge in [0.25, 0.3) is 11.8 Å². The number of benzene rings is 2. The van der Waals surface area contributed by atoms with Crippen molar-refractivity contribution < 1.29 is 22.8 Å². The van der Waals surface area contributed by atoms with E-state index in [1.165, 1.54) is 23.3 Å². The number of aryl methyl sites for hydroxylation is 1. The van der Waals surface area contributed by atoms with Crippen LogP contribution in [0.2, 0.25) is 0 Å². The number of para-hydroxylation sites is 1. The number of furan rings is 2. The number of nitrogens with one attached hydrogen (secondary N) is 1. The molecular weight excluding hydrogens is 411 g/mol. The number of amides is 2. The Hall–Kier alpha value is -4.13. The third-order valence-corrected chi connectivity index (χ3v) is 4.90. The van der Waals surface area contributed by atoms with Crippen LogP contribution in [0.25, 0.3) is 0 Å². The molecule has 1 unspecified atom stereocenters. The van der Waals surface area contributed by atoms with Crippen LogP contribution >= 0.6 is 0 Å². The van der Waals surface area contributed by atoms with Gasteiger partial charge in [0.1, 0.15) is 17.3 Å². The molecule has 4 aromatic rings. The Morgan fingerprint density at radius 1 is 0.969 bits per heavy atom. The molecule has 1 N–H and O–H groups in total. The molecule has 0 aliphatic heterocycles. The minimum Gasteiger partial charge on any atom is -0.464 e. The molecule has 0 radical (unpaired) electrons. The van der Waals surface area contributed by atoms with Crippen molar-refractivity contribution >= 4 is 17.5 Å². The first-order valence-electron chi connectivity index (χ1n) is 10.0. The van der Waals surface area contributed by atoms with Crippen LogP contribution in [0.3, 0.4) is 0 Å². The van der Waals surface area contributed by atoms with Crippen LogP contribution < -0.4 is 10.2 Å². The predicted molar refractivity (Wildman–Crippen MR) is 116 cm³/mol.